The van der Waals surface area contributed by atoms with Crippen LogP contribution in [0.2, 0.25) is 0 Å². The molecule has 3 rings (SSSR count). The molecule has 0 fully saturated rings. The standard InChI is InChI=1S/C21H18O/c1-4-17-18-12-8-9-13-19(18)21(22,20(17)14-15(2)3)16-10-6-5-7-11-16/h1,5-7,9-11,13,15,22H,14H2,2-3H3. The Bertz CT molecular complexity index is 762. The van der Waals surface area contributed by atoms with Gasteiger partial charge in [-0.3, -0.25) is 0 Å². The molecule has 0 bridgehead atoms. The lowest BCUT2D eigenvalue weighted by Gasteiger charge is -2.29. The van der Waals surface area contributed by atoms with E-state index in [1.54, 1.807) is 6.07 Å². The van der Waals surface area contributed by atoms with Crippen LogP contribution in [0.15, 0.2) is 48.0 Å². The minimum atomic E-state index is -1.17. The number of aliphatic hydroxyl groups is 1. The second-order valence-electron chi connectivity index (χ2n) is 6.06. The fourth-order valence-corrected chi connectivity index (χ4v) is 3.21. The van der Waals surface area contributed by atoms with E-state index >= 15 is 0 Å². The summed E-state index contributed by atoms with van der Waals surface area (Å²) in [5.74, 6) is 3.16. The van der Waals surface area contributed by atoms with Crippen molar-refractivity contribution in [3.8, 4) is 12.3 Å². The molecule has 0 saturated heterocycles. The van der Waals surface area contributed by atoms with Crippen LogP contribution >= 0.6 is 0 Å². The molecule has 1 aliphatic rings. The van der Waals surface area contributed by atoms with Crippen molar-refractivity contribution in [1.82, 2.24) is 0 Å². The van der Waals surface area contributed by atoms with Crippen LogP contribution in [0.1, 0.15) is 37.0 Å². The van der Waals surface area contributed by atoms with Gasteiger partial charge in [-0.25, -0.2) is 0 Å². The lowest BCUT2D eigenvalue weighted by Crippen LogP contribution is -2.28. The molecule has 0 aromatic heterocycles. The van der Waals surface area contributed by atoms with Crippen LogP contribution in [0.5, 0.6) is 0 Å². The zero-order valence-electron chi connectivity index (χ0n) is 12.9. The number of hydrogen-bond donors (Lipinski definition) is 1. The Kier molecular flexibility index (Phi) is 3.53. The molecule has 1 heteroatoms. The van der Waals surface area contributed by atoms with Crippen molar-refractivity contribution >= 4 is 5.57 Å². The quantitative estimate of drug-likeness (QED) is 0.847. The second-order valence-corrected chi connectivity index (χ2v) is 6.06. The van der Waals surface area contributed by atoms with Crippen molar-refractivity contribution in [2.24, 2.45) is 5.92 Å². The van der Waals surface area contributed by atoms with Gasteiger partial charge in [-0.05, 0) is 35.6 Å². The molecule has 0 amide bonds. The van der Waals surface area contributed by atoms with Gasteiger partial charge in [-0.2, -0.15) is 0 Å². The van der Waals surface area contributed by atoms with Crippen molar-refractivity contribution in [3.63, 3.8) is 0 Å². The molecular formula is C21H18O. The van der Waals surface area contributed by atoms with Crippen molar-refractivity contribution < 1.29 is 5.11 Å². The average molecular weight is 286 g/mol. The summed E-state index contributed by atoms with van der Waals surface area (Å²) in [5.41, 5.74) is 2.92. The van der Waals surface area contributed by atoms with E-state index in [-0.39, 0.29) is 0 Å². The summed E-state index contributed by atoms with van der Waals surface area (Å²) in [4.78, 5) is 0. The monoisotopic (exact) mass is 286 g/mol. The highest BCUT2D eigenvalue weighted by Gasteiger charge is 2.44. The first-order chi connectivity index (χ1) is 10.6. The Balaban J connectivity index is 2.31. The van der Waals surface area contributed by atoms with Gasteiger partial charge in [-0.1, -0.05) is 62.2 Å². The highest BCUT2D eigenvalue weighted by molar-refractivity contribution is 5.89. The maximum absolute atomic E-state index is 11.6. The Labute approximate surface area is 132 Å². The van der Waals surface area contributed by atoms with E-state index in [1.165, 1.54) is 0 Å². The molecule has 1 nitrogen and oxygen atoms in total. The van der Waals surface area contributed by atoms with E-state index < -0.39 is 5.60 Å². The van der Waals surface area contributed by atoms with Crippen molar-refractivity contribution in [1.29, 1.82) is 0 Å². The molecule has 0 saturated carbocycles. The normalized spacial score (nSPS) is 19.8. The fourth-order valence-electron chi connectivity index (χ4n) is 3.21. The third-order valence-corrected chi connectivity index (χ3v) is 4.13. The number of fused-ring (bicyclic) bond motifs is 1. The smallest absolute Gasteiger partial charge is 0.139 e. The zero-order valence-corrected chi connectivity index (χ0v) is 12.9. The van der Waals surface area contributed by atoms with Crippen LogP contribution in [0, 0.1) is 30.4 Å². The zero-order chi connectivity index (χ0) is 15.7. The lowest BCUT2D eigenvalue weighted by molar-refractivity contribution is 0.119. The summed E-state index contributed by atoms with van der Waals surface area (Å²) in [6.07, 6.45) is 6.50. The maximum Gasteiger partial charge on any atom is 0.139 e. The summed E-state index contributed by atoms with van der Waals surface area (Å²) in [6.45, 7) is 4.26. The van der Waals surface area contributed by atoms with Gasteiger partial charge in [0.05, 0.1) is 0 Å². The predicted octanol–water partition coefficient (Wildman–Crippen LogP) is 3.97. The second kappa shape index (κ2) is 5.38. The number of benzene rings is 1. The van der Waals surface area contributed by atoms with Gasteiger partial charge in [0, 0.05) is 16.7 Å². The molecule has 2 aromatic carbocycles. The minimum absolute atomic E-state index is 0.395. The van der Waals surface area contributed by atoms with Crippen LogP contribution in [-0.2, 0) is 5.60 Å². The van der Waals surface area contributed by atoms with Gasteiger partial charge in [0.15, 0.2) is 0 Å². The van der Waals surface area contributed by atoms with E-state index in [9.17, 15) is 5.11 Å². The van der Waals surface area contributed by atoms with E-state index in [0.717, 1.165) is 34.3 Å². The Morgan fingerprint density at radius 2 is 1.95 bits per heavy atom. The molecule has 1 aliphatic carbocycles. The highest BCUT2D eigenvalue weighted by Crippen LogP contribution is 2.49. The molecule has 1 atom stereocenters. The molecule has 1 N–H and O–H groups in total. The third kappa shape index (κ3) is 2.03. The molecule has 0 spiro atoms. The van der Waals surface area contributed by atoms with Gasteiger partial charge < -0.3 is 5.11 Å². The Hall–Kier alpha value is -2.48. The fraction of sp³-hybridized carbons (Fsp3) is 0.238. The number of rotatable bonds is 3. The van der Waals surface area contributed by atoms with Crippen molar-refractivity contribution in [2.45, 2.75) is 25.9 Å². The van der Waals surface area contributed by atoms with Gasteiger partial charge in [-0.15, -0.1) is 6.42 Å². The van der Waals surface area contributed by atoms with Gasteiger partial charge in [0.1, 0.15) is 5.60 Å². The summed E-state index contributed by atoms with van der Waals surface area (Å²) in [6, 6.07) is 19.4. The topological polar surface area (TPSA) is 20.2 Å². The van der Waals surface area contributed by atoms with Crippen LogP contribution < -0.4 is 0 Å². The first kappa shape index (κ1) is 14.5. The molecule has 2 aromatic rings. The van der Waals surface area contributed by atoms with E-state index in [2.05, 4.69) is 31.9 Å². The minimum Gasteiger partial charge on any atom is -0.376 e. The molecular weight excluding hydrogens is 268 g/mol. The Morgan fingerprint density at radius 3 is 2.59 bits per heavy atom. The van der Waals surface area contributed by atoms with E-state index in [0.29, 0.717) is 5.92 Å². The molecule has 0 heterocycles. The summed E-state index contributed by atoms with van der Waals surface area (Å²) < 4.78 is 0. The first-order valence-electron chi connectivity index (χ1n) is 7.50. The average Bonchev–Trinajstić information content (AvgIpc) is 2.78. The number of allylic oxidation sites excluding steroid dienone is 1. The van der Waals surface area contributed by atoms with Gasteiger partial charge >= 0.3 is 0 Å². The van der Waals surface area contributed by atoms with Crippen molar-refractivity contribution in [3.05, 3.63) is 76.9 Å². The summed E-state index contributed by atoms with van der Waals surface area (Å²) in [7, 11) is 0. The molecule has 108 valence electrons. The lowest BCUT2D eigenvalue weighted by atomic mass is 9.80. The highest BCUT2D eigenvalue weighted by atomic mass is 16.3. The van der Waals surface area contributed by atoms with E-state index in [1.807, 2.05) is 36.4 Å². The SMILES string of the molecule is C#CC1=C(CC(C)C)C(O)(c2ccccc2)c2ccc#cc21. The molecule has 0 aliphatic heterocycles. The third-order valence-electron chi connectivity index (χ3n) is 4.13. The van der Waals surface area contributed by atoms with Gasteiger partial charge in [0.2, 0.25) is 0 Å². The predicted molar refractivity (Wildman–Crippen MR) is 88.8 cm³/mol. The number of hydrogen-bond acceptors (Lipinski definition) is 1. The molecule has 1 unspecified atom stereocenters. The molecule has 0 radical (unpaired) electrons. The number of terminal acetylenes is 1. The van der Waals surface area contributed by atoms with Crippen LogP contribution in [0.3, 0.4) is 0 Å². The largest absolute Gasteiger partial charge is 0.376 e. The summed E-state index contributed by atoms with van der Waals surface area (Å²) in [5, 5.41) is 11.6. The van der Waals surface area contributed by atoms with Crippen LogP contribution in [-0.4, -0.2) is 5.11 Å². The maximum atomic E-state index is 11.6. The molecule has 22 heavy (non-hydrogen) atoms. The van der Waals surface area contributed by atoms with Crippen LogP contribution in [0.4, 0.5) is 0 Å². The summed E-state index contributed by atoms with van der Waals surface area (Å²) >= 11 is 0. The van der Waals surface area contributed by atoms with E-state index in [4.69, 9.17) is 6.42 Å². The van der Waals surface area contributed by atoms with Gasteiger partial charge in [0.25, 0.3) is 0 Å². The van der Waals surface area contributed by atoms with Crippen LogP contribution in [0.25, 0.3) is 5.57 Å². The first-order valence-corrected chi connectivity index (χ1v) is 7.50. The van der Waals surface area contributed by atoms with Crippen molar-refractivity contribution in [2.75, 3.05) is 0 Å². The Morgan fingerprint density at radius 1 is 1.23 bits per heavy atom.